The zero-order valence-corrected chi connectivity index (χ0v) is 10.2. The molecule has 0 fully saturated rings. The fraction of sp³-hybridized carbons (Fsp3) is 0.143. The predicted molar refractivity (Wildman–Crippen MR) is 64.7 cm³/mol. The summed E-state index contributed by atoms with van der Waals surface area (Å²) in [5, 5.41) is -1.87. The number of hydrogen-bond donors (Lipinski definition) is 0. The molecule has 0 aliphatic heterocycles. The smallest absolute Gasteiger partial charge is 0.101 e. The molecular formula is C14H10F4N2. The van der Waals surface area contributed by atoms with Crippen molar-refractivity contribution >= 4 is 0 Å². The first kappa shape index (κ1) is 13.1. The largest absolute Gasteiger partial charge is 0.124 e. The highest BCUT2D eigenvalue weighted by Gasteiger charge is 2.39. The van der Waals surface area contributed by atoms with Crippen LogP contribution in [0.2, 0.25) is 0 Å². The van der Waals surface area contributed by atoms with E-state index in [1.807, 2.05) is 0 Å². The Labute approximate surface area is 112 Å². The molecule has 0 spiro atoms. The van der Waals surface area contributed by atoms with E-state index in [-0.39, 0.29) is 22.3 Å². The molecule has 1 aliphatic rings. The van der Waals surface area contributed by atoms with Gasteiger partial charge in [0.2, 0.25) is 0 Å². The summed E-state index contributed by atoms with van der Waals surface area (Å²) in [5.41, 5.74) is 0.783. The molecule has 0 aromatic heterocycles. The summed E-state index contributed by atoms with van der Waals surface area (Å²) in [6.07, 6.45) is 0. The van der Waals surface area contributed by atoms with Gasteiger partial charge in [0, 0.05) is 10.7 Å². The number of halogens is 4. The van der Waals surface area contributed by atoms with Crippen molar-refractivity contribution in [3.05, 3.63) is 70.8 Å². The normalized spacial score (nSPS) is 20.9. The second-order valence-corrected chi connectivity index (χ2v) is 4.58. The maximum atomic E-state index is 13.2. The van der Waals surface area contributed by atoms with E-state index in [1.165, 1.54) is 24.3 Å². The van der Waals surface area contributed by atoms with Gasteiger partial charge in [0.05, 0.1) is 0 Å². The molecule has 2 aromatic rings. The Balaban J connectivity index is 2.28. The van der Waals surface area contributed by atoms with Gasteiger partial charge in [-0.3, -0.25) is 0 Å². The lowest BCUT2D eigenvalue weighted by atomic mass is 9.80. The van der Waals surface area contributed by atoms with Gasteiger partial charge in [0.25, 0.3) is 0 Å². The quantitative estimate of drug-likeness (QED) is 0.598. The van der Waals surface area contributed by atoms with Crippen molar-refractivity contribution in [2.75, 3.05) is 0 Å². The lowest BCUT2D eigenvalue weighted by Crippen LogP contribution is -2.28. The Morgan fingerprint density at radius 2 is 0.800 bits per heavy atom. The molecule has 20 heavy (non-hydrogen) atoms. The van der Waals surface area contributed by atoms with Gasteiger partial charge in [-0.15, -0.1) is 17.9 Å². The fourth-order valence-electron chi connectivity index (χ4n) is 2.77. The van der Waals surface area contributed by atoms with Crippen molar-refractivity contribution in [1.82, 2.24) is 10.7 Å². The molecule has 0 amide bonds. The van der Waals surface area contributed by atoms with Crippen LogP contribution in [-0.2, 0) is 0 Å². The SMILES string of the molecule is FN(F)C1c2ccccc2C(N(F)F)c2ccccc21. The van der Waals surface area contributed by atoms with Crippen LogP contribution in [0.3, 0.4) is 0 Å². The Hall–Kier alpha value is -1.92. The van der Waals surface area contributed by atoms with Crippen LogP contribution in [-0.4, -0.2) is 10.7 Å². The fourth-order valence-corrected chi connectivity index (χ4v) is 2.77. The minimum atomic E-state index is -1.32. The number of nitrogens with zero attached hydrogens (tertiary/aromatic N) is 2. The lowest BCUT2D eigenvalue weighted by molar-refractivity contribution is -0.191. The average Bonchev–Trinajstić information content (AvgIpc) is 2.43. The van der Waals surface area contributed by atoms with Crippen molar-refractivity contribution in [3.63, 3.8) is 0 Å². The van der Waals surface area contributed by atoms with Crippen molar-refractivity contribution in [2.45, 2.75) is 12.1 Å². The number of fused-ring (bicyclic) bond motifs is 2. The second-order valence-electron chi connectivity index (χ2n) is 4.58. The van der Waals surface area contributed by atoms with E-state index in [4.69, 9.17) is 0 Å². The van der Waals surface area contributed by atoms with E-state index in [0.717, 1.165) is 0 Å². The summed E-state index contributed by atoms with van der Waals surface area (Å²) in [6, 6.07) is 9.47. The van der Waals surface area contributed by atoms with Crippen LogP contribution < -0.4 is 0 Å². The Bertz CT molecular complexity index is 529. The molecular weight excluding hydrogens is 272 g/mol. The molecule has 2 aromatic carbocycles. The molecule has 0 heterocycles. The van der Waals surface area contributed by atoms with Gasteiger partial charge in [-0.2, -0.15) is 0 Å². The highest BCUT2D eigenvalue weighted by atomic mass is 19.4. The first-order valence-corrected chi connectivity index (χ1v) is 6.00. The van der Waals surface area contributed by atoms with E-state index < -0.39 is 22.8 Å². The van der Waals surface area contributed by atoms with Gasteiger partial charge in [-0.1, -0.05) is 48.5 Å². The van der Waals surface area contributed by atoms with Gasteiger partial charge in [0.15, 0.2) is 0 Å². The van der Waals surface area contributed by atoms with Crippen LogP contribution >= 0.6 is 0 Å². The van der Waals surface area contributed by atoms with E-state index in [2.05, 4.69) is 0 Å². The first-order chi connectivity index (χ1) is 9.61. The van der Waals surface area contributed by atoms with Crippen LogP contribution in [0.15, 0.2) is 48.5 Å². The van der Waals surface area contributed by atoms with Crippen molar-refractivity contribution in [3.8, 4) is 0 Å². The number of rotatable bonds is 2. The van der Waals surface area contributed by atoms with E-state index in [0.29, 0.717) is 0 Å². The van der Waals surface area contributed by atoms with Gasteiger partial charge >= 0.3 is 0 Å². The topological polar surface area (TPSA) is 6.48 Å². The van der Waals surface area contributed by atoms with Crippen molar-refractivity contribution in [1.29, 1.82) is 0 Å². The predicted octanol–water partition coefficient (Wildman–Crippen LogP) is 4.32. The number of benzene rings is 2. The van der Waals surface area contributed by atoms with Crippen LogP contribution in [0.4, 0.5) is 17.9 Å². The van der Waals surface area contributed by atoms with Gasteiger partial charge in [0.1, 0.15) is 12.1 Å². The van der Waals surface area contributed by atoms with Crippen molar-refractivity contribution in [2.24, 2.45) is 0 Å². The third kappa shape index (κ3) is 1.88. The highest BCUT2D eigenvalue weighted by Crippen LogP contribution is 2.46. The Morgan fingerprint density at radius 1 is 0.550 bits per heavy atom. The average molecular weight is 282 g/mol. The summed E-state index contributed by atoms with van der Waals surface area (Å²) in [6.45, 7) is 0. The zero-order chi connectivity index (χ0) is 14.3. The maximum absolute atomic E-state index is 13.2. The van der Waals surface area contributed by atoms with Crippen LogP contribution in [0.25, 0.3) is 0 Å². The molecule has 6 heteroatoms. The molecule has 0 atom stereocenters. The Morgan fingerprint density at radius 3 is 1.00 bits per heavy atom. The van der Waals surface area contributed by atoms with Gasteiger partial charge in [-0.25, -0.2) is 0 Å². The summed E-state index contributed by atoms with van der Waals surface area (Å²) < 4.78 is 53.0. The summed E-state index contributed by atoms with van der Waals surface area (Å²) in [4.78, 5) is 0. The molecule has 1 aliphatic carbocycles. The third-order valence-corrected chi connectivity index (χ3v) is 3.56. The molecule has 0 N–H and O–H groups in total. The number of hydrogen-bond acceptors (Lipinski definition) is 2. The van der Waals surface area contributed by atoms with E-state index in [1.54, 1.807) is 24.3 Å². The standard InChI is InChI=1S/C14H10F4N2/c15-19(16)13-9-5-1-2-6-10(9)14(20(17)18)12-8-4-3-7-11(12)13/h1-8,13-14H. The summed E-state index contributed by atoms with van der Waals surface area (Å²) in [5.74, 6) is 0. The molecule has 0 unspecified atom stereocenters. The van der Waals surface area contributed by atoms with Crippen LogP contribution in [0.1, 0.15) is 34.3 Å². The molecule has 0 saturated carbocycles. The van der Waals surface area contributed by atoms with Gasteiger partial charge in [-0.05, 0) is 22.3 Å². The molecule has 3 rings (SSSR count). The highest BCUT2D eigenvalue weighted by molar-refractivity contribution is 5.51. The maximum Gasteiger partial charge on any atom is 0.124 e. The monoisotopic (exact) mass is 282 g/mol. The third-order valence-electron chi connectivity index (χ3n) is 3.56. The zero-order valence-electron chi connectivity index (χ0n) is 10.2. The second kappa shape index (κ2) is 4.88. The molecule has 0 bridgehead atoms. The molecule has 2 nitrogen and oxygen atoms in total. The molecule has 0 radical (unpaired) electrons. The van der Waals surface area contributed by atoms with Gasteiger partial charge < -0.3 is 0 Å². The van der Waals surface area contributed by atoms with Crippen LogP contribution in [0, 0.1) is 0 Å². The molecule has 104 valence electrons. The van der Waals surface area contributed by atoms with E-state index >= 15 is 0 Å². The summed E-state index contributed by atoms with van der Waals surface area (Å²) in [7, 11) is 0. The van der Waals surface area contributed by atoms with E-state index in [9.17, 15) is 17.9 Å². The lowest BCUT2D eigenvalue weighted by Gasteiger charge is -2.33. The minimum Gasteiger partial charge on any atom is -0.101 e. The summed E-state index contributed by atoms with van der Waals surface area (Å²) >= 11 is 0. The minimum absolute atomic E-state index is 0.196. The van der Waals surface area contributed by atoms with Crippen LogP contribution in [0.5, 0.6) is 0 Å². The van der Waals surface area contributed by atoms with Crippen molar-refractivity contribution < 1.29 is 17.9 Å². The Kier molecular flexibility index (Phi) is 3.19. The molecule has 0 saturated heterocycles. The first-order valence-electron chi connectivity index (χ1n) is 6.00.